The maximum absolute atomic E-state index is 11.3. The van der Waals surface area contributed by atoms with Crippen LogP contribution in [0.1, 0.15) is 21.6 Å². The minimum absolute atomic E-state index is 0.436. The van der Waals surface area contributed by atoms with Crippen molar-refractivity contribution < 1.29 is 4.79 Å². The molecule has 1 aromatic heterocycles. The van der Waals surface area contributed by atoms with Crippen LogP contribution in [-0.2, 0) is 12.8 Å². The summed E-state index contributed by atoms with van der Waals surface area (Å²) in [6, 6.07) is 5.30. The Morgan fingerprint density at radius 1 is 1.31 bits per heavy atom. The summed E-state index contributed by atoms with van der Waals surface area (Å²) in [6.45, 7) is 0. The first-order valence-corrected chi connectivity index (χ1v) is 5.74. The fourth-order valence-electron chi connectivity index (χ4n) is 2.05. The predicted octanol–water partition coefficient (Wildman–Crippen LogP) is 3.37. The van der Waals surface area contributed by atoms with E-state index in [1.807, 2.05) is 6.07 Å². The number of aryl methyl sites for hydroxylation is 1. The van der Waals surface area contributed by atoms with Gasteiger partial charge in [-0.2, -0.15) is 0 Å². The van der Waals surface area contributed by atoms with Gasteiger partial charge in [-0.3, -0.25) is 9.78 Å². The van der Waals surface area contributed by atoms with Gasteiger partial charge in [0, 0.05) is 16.6 Å². The van der Waals surface area contributed by atoms with E-state index >= 15 is 0 Å². The molecule has 0 spiro atoms. The second kappa shape index (κ2) is 3.44. The van der Waals surface area contributed by atoms with E-state index in [-0.39, 0.29) is 0 Å². The molecule has 1 aliphatic rings. The number of aromatic nitrogens is 1. The topological polar surface area (TPSA) is 30.0 Å². The molecule has 0 atom stereocenters. The number of halogens is 2. The summed E-state index contributed by atoms with van der Waals surface area (Å²) in [5, 5.41) is 0.826. The molecule has 0 N–H and O–H groups in total. The van der Waals surface area contributed by atoms with Gasteiger partial charge in [0.05, 0.1) is 10.5 Å². The number of carbonyl (C=O) groups is 1. The van der Waals surface area contributed by atoms with E-state index in [4.69, 9.17) is 23.2 Å². The number of hydrogen-bond acceptors (Lipinski definition) is 2. The molecule has 0 saturated carbocycles. The van der Waals surface area contributed by atoms with Crippen molar-refractivity contribution in [2.75, 3.05) is 0 Å². The first-order valence-electron chi connectivity index (χ1n) is 4.98. The quantitative estimate of drug-likeness (QED) is 0.728. The normalized spacial score (nSPS) is 13.4. The molecule has 2 nitrogen and oxygen atoms in total. The van der Waals surface area contributed by atoms with Gasteiger partial charge in [-0.15, -0.1) is 0 Å². The van der Waals surface area contributed by atoms with Gasteiger partial charge in [-0.25, -0.2) is 0 Å². The highest BCUT2D eigenvalue weighted by molar-refractivity contribution is 6.69. The van der Waals surface area contributed by atoms with E-state index in [1.54, 1.807) is 12.1 Å². The van der Waals surface area contributed by atoms with Crippen molar-refractivity contribution in [3.8, 4) is 0 Å². The van der Waals surface area contributed by atoms with E-state index in [0.717, 1.165) is 29.6 Å². The third-order valence-corrected chi connectivity index (χ3v) is 3.57. The van der Waals surface area contributed by atoms with E-state index in [1.165, 1.54) is 0 Å². The van der Waals surface area contributed by atoms with Gasteiger partial charge in [0.25, 0.3) is 5.24 Å². The zero-order chi connectivity index (χ0) is 11.3. The molecule has 3 rings (SSSR count). The fourth-order valence-corrected chi connectivity index (χ4v) is 2.61. The van der Waals surface area contributed by atoms with Gasteiger partial charge in [0.2, 0.25) is 0 Å². The summed E-state index contributed by atoms with van der Waals surface area (Å²) >= 11 is 11.8. The number of benzene rings is 1. The Morgan fingerprint density at radius 2 is 2.12 bits per heavy atom. The number of pyridine rings is 1. The van der Waals surface area contributed by atoms with E-state index < -0.39 is 5.24 Å². The minimum Gasteiger partial charge on any atom is -0.276 e. The van der Waals surface area contributed by atoms with Crippen LogP contribution in [0.2, 0.25) is 5.02 Å². The molecule has 0 radical (unpaired) electrons. The molecule has 0 bridgehead atoms. The summed E-state index contributed by atoms with van der Waals surface area (Å²) in [7, 11) is 0. The minimum atomic E-state index is -0.492. The highest BCUT2D eigenvalue weighted by Gasteiger charge is 2.23. The molecular weight excluding hydrogens is 245 g/mol. The summed E-state index contributed by atoms with van der Waals surface area (Å²) in [4.78, 5) is 15.8. The van der Waals surface area contributed by atoms with Gasteiger partial charge < -0.3 is 0 Å². The van der Waals surface area contributed by atoms with Crippen LogP contribution in [0.3, 0.4) is 0 Å². The molecule has 0 fully saturated rings. The van der Waals surface area contributed by atoms with Crippen molar-refractivity contribution in [1.82, 2.24) is 4.98 Å². The van der Waals surface area contributed by atoms with E-state index in [0.29, 0.717) is 16.0 Å². The molecule has 4 heteroatoms. The maximum Gasteiger partial charge on any atom is 0.253 e. The largest absolute Gasteiger partial charge is 0.276 e. The van der Waals surface area contributed by atoms with Crippen LogP contribution in [0.25, 0.3) is 10.9 Å². The Bertz CT molecular complexity index is 622. The number of hydrogen-bond donors (Lipinski definition) is 0. The lowest BCUT2D eigenvalue weighted by Crippen LogP contribution is -2.12. The van der Waals surface area contributed by atoms with Gasteiger partial charge in [0.15, 0.2) is 0 Å². The molecular formula is C12H7Cl2NO. The Balaban J connectivity index is 2.46. The molecule has 1 aromatic carbocycles. The smallest absolute Gasteiger partial charge is 0.253 e. The second-order valence-electron chi connectivity index (χ2n) is 3.82. The van der Waals surface area contributed by atoms with Crippen LogP contribution in [0, 0.1) is 0 Å². The fraction of sp³-hybridized carbons (Fsp3) is 0.167. The molecule has 2 aromatic rings. The molecule has 16 heavy (non-hydrogen) atoms. The van der Waals surface area contributed by atoms with Crippen LogP contribution in [0.15, 0.2) is 18.2 Å². The lowest BCUT2D eigenvalue weighted by molar-refractivity contribution is 0.108. The average molecular weight is 252 g/mol. The summed E-state index contributed by atoms with van der Waals surface area (Å²) in [6.07, 6.45) is 1.89. The Hall–Kier alpha value is -1.12. The van der Waals surface area contributed by atoms with Crippen molar-refractivity contribution in [3.63, 3.8) is 0 Å². The SMILES string of the molecule is O=C(Cl)c1cccc2nc3c(c(Cl)c12)CC3. The number of rotatable bonds is 1. The van der Waals surface area contributed by atoms with E-state index in [9.17, 15) is 4.79 Å². The first kappa shape index (κ1) is 10.1. The lowest BCUT2D eigenvalue weighted by atomic mass is 9.91. The van der Waals surface area contributed by atoms with Crippen LogP contribution in [0.5, 0.6) is 0 Å². The molecule has 0 aliphatic heterocycles. The van der Waals surface area contributed by atoms with Gasteiger partial charge in [-0.05, 0) is 42.1 Å². The number of fused-ring (bicyclic) bond motifs is 2. The summed E-state index contributed by atoms with van der Waals surface area (Å²) in [5.41, 5.74) is 3.28. The van der Waals surface area contributed by atoms with Crippen molar-refractivity contribution in [1.29, 1.82) is 0 Å². The predicted molar refractivity (Wildman–Crippen MR) is 64.3 cm³/mol. The zero-order valence-electron chi connectivity index (χ0n) is 8.26. The third-order valence-electron chi connectivity index (χ3n) is 2.95. The first-order chi connectivity index (χ1) is 7.68. The second-order valence-corrected chi connectivity index (χ2v) is 4.55. The monoisotopic (exact) mass is 251 g/mol. The third kappa shape index (κ3) is 1.27. The number of carbonyl (C=O) groups excluding carboxylic acids is 1. The average Bonchev–Trinajstić information content (AvgIpc) is 2.22. The van der Waals surface area contributed by atoms with Gasteiger partial charge >= 0.3 is 0 Å². The molecule has 80 valence electrons. The highest BCUT2D eigenvalue weighted by atomic mass is 35.5. The Kier molecular flexibility index (Phi) is 2.16. The highest BCUT2D eigenvalue weighted by Crippen LogP contribution is 2.36. The van der Waals surface area contributed by atoms with Crippen LogP contribution >= 0.6 is 23.2 Å². The molecule has 1 aliphatic carbocycles. The van der Waals surface area contributed by atoms with Crippen molar-refractivity contribution >= 4 is 39.3 Å². The van der Waals surface area contributed by atoms with Crippen LogP contribution in [0.4, 0.5) is 0 Å². The Labute approximate surface area is 102 Å². The molecule has 0 saturated heterocycles. The number of nitrogens with zero attached hydrogens (tertiary/aromatic N) is 1. The van der Waals surface area contributed by atoms with Crippen molar-refractivity contribution in [2.45, 2.75) is 12.8 Å². The molecule has 0 unspecified atom stereocenters. The maximum atomic E-state index is 11.3. The van der Waals surface area contributed by atoms with Crippen LogP contribution < -0.4 is 0 Å². The summed E-state index contributed by atoms with van der Waals surface area (Å²) < 4.78 is 0. The van der Waals surface area contributed by atoms with Gasteiger partial charge in [-0.1, -0.05) is 17.7 Å². The standard InChI is InChI=1S/C12H7Cl2NO/c13-11-6-4-5-8(6)15-9-3-1-2-7(10(9)11)12(14)16/h1-3H,4-5H2. The van der Waals surface area contributed by atoms with Gasteiger partial charge in [0.1, 0.15) is 0 Å². The molecule has 1 heterocycles. The Morgan fingerprint density at radius 3 is 2.75 bits per heavy atom. The van der Waals surface area contributed by atoms with Crippen LogP contribution in [-0.4, -0.2) is 10.2 Å². The van der Waals surface area contributed by atoms with Crippen molar-refractivity contribution in [2.24, 2.45) is 0 Å². The summed E-state index contributed by atoms with van der Waals surface area (Å²) in [5.74, 6) is 0. The van der Waals surface area contributed by atoms with Crippen molar-refractivity contribution in [3.05, 3.63) is 40.0 Å². The lowest BCUT2D eigenvalue weighted by Gasteiger charge is -2.20. The molecule has 0 amide bonds. The van der Waals surface area contributed by atoms with E-state index in [2.05, 4.69) is 4.98 Å². The zero-order valence-corrected chi connectivity index (χ0v) is 9.77.